The normalized spacial score (nSPS) is 10.9. The summed E-state index contributed by atoms with van der Waals surface area (Å²) in [6.45, 7) is 2.36. The van der Waals surface area contributed by atoms with E-state index < -0.39 is 0 Å². The number of hydrogen-bond acceptors (Lipinski definition) is 6. The number of pyridine rings is 1. The topological polar surface area (TPSA) is 68.5 Å². The molecule has 7 heteroatoms. The Balaban J connectivity index is 1.81. The average Bonchev–Trinajstić information content (AvgIpc) is 3.37. The first-order chi connectivity index (χ1) is 13.2. The molecule has 0 unspecified atom stereocenters. The number of carbonyl (C=O) groups excluding carboxylic acids is 1. The zero-order chi connectivity index (χ0) is 18.8. The quantitative estimate of drug-likeness (QED) is 0.512. The summed E-state index contributed by atoms with van der Waals surface area (Å²) in [6.07, 6.45) is 4.93. The Morgan fingerprint density at radius 2 is 2.15 bits per heavy atom. The molecule has 1 aromatic carbocycles. The van der Waals surface area contributed by atoms with Gasteiger partial charge in [-0.15, -0.1) is 0 Å². The van der Waals surface area contributed by atoms with Crippen LogP contribution in [-0.2, 0) is 6.54 Å². The SMILES string of the molecule is COc1ccc(C)c2sc(N(Cc3cccnc3)C(=O)c3ccco3)nc12. The number of anilines is 1. The lowest BCUT2D eigenvalue weighted by molar-refractivity contribution is 0.0958. The molecule has 27 heavy (non-hydrogen) atoms. The number of carbonyl (C=O) groups is 1. The third kappa shape index (κ3) is 3.29. The monoisotopic (exact) mass is 379 g/mol. The lowest BCUT2D eigenvalue weighted by Crippen LogP contribution is -2.30. The van der Waals surface area contributed by atoms with Gasteiger partial charge in [0, 0.05) is 12.4 Å². The summed E-state index contributed by atoms with van der Waals surface area (Å²) in [6, 6.07) is 11.0. The maximum absolute atomic E-state index is 13.1. The van der Waals surface area contributed by atoms with Crippen molar-refractivity contribution < 1.29 is 13.9 Å². The van der Waals surface area contributed by atoms with Crippen LogP contribution in [0.2, 0.25) is 0 Å². The molecule has 0 bridgehead atoms. The number of ether oxygens (including phenoxy) is 1. The fourth-order valence-corrected chi connectivity index (χ4v) is 3.86. The van der Waals surface area contributed by atoms with Crippen LogP contribution in [0.4, 0.5) is 5.13 Å². The van der Waals surface area contributed by atoms with E-state index in [9.17, 15) is 4.79 Å². The summed E-state index contributed by atoms with van der Waals surface area (Å²) in [7, 11) is 1.62. The number of thiazole rings is 1. The molecule has 0 aliphatic carbocycles. The van der Waals surface area contributed by atoms with E-state index in [1.165, 1.54) is 17.6 Å². The van der Waals surface area contributed by atoms with E-state index in [-0.39, 0.29) is 11.7 Å². The van der Waals surface area contributed by atoms with Crippen molar-refractivity contribution >= 4 is 32.6 Å². The molecule has 0 N–H and O–H groups in total. The second-order valence-corrected chi connectivity index (χ2v) is 6.97. The van der Waals surface area contributed by atoms with Crippen LogP contribution in [0.3, 0.4) is 0 Å². The zero-order valence-corrected chi connectivity index (χ0v) is 15.7. The number of methoxy groups -OCH3 is 1. The molecule has 3 heterocycles. The summed E-state index contributed by atoms with van der Waals surface area (Å²) < 4.78 is 11.8. The maximum Gasteiger partial charge on any atom is 0.296 e. The molecule has 136 valence electrons. The van der Waals surface area contributed by atoms with Crippen molar-refractivity contribution in [2.45, 2.75) is 13.5 Å². The summed E-state index contributed by atoms with van der Waals surface area (Å²) in [5, 5.41) is 0.586. The van der Waals surface area contributed by atoms with Gasteiger partial charge in [-0.2, -0.15) is 0 Å². The fourth-order valence-electron chi connectivity index (χ4n) is 2.81. The number of amides is 1. The summed E-state index contributed by atoms with van der Waals surface area (Å²) >= 11 is 1.46. The minimum atomic E-state index is -0.250. The molecule has 0 aliphatic rings. The van der Waals surface area contributed by atoms with Crippen molar-refractivity contribution in [3.05, 3.63) is 71.9 Å². The molecule has 4 rings (SSSR count). The van der Waals surface area contributed by atoms with E-state index in [0.29, 0.717) is 17.4 Å². The van der Waals surface area contributed by atoms with Crippen molar-refractivity contribution in [3.8, 4) is 5.75 Å². The predicted molar refractivity (Wildman–Crippen MR) is 104 cm³/mol. The third-order valence-corrected chi connectivity index (χ3v) is 5.40. The Morgan fingerprint density at radius 3 is 2.85 bits per heavy atom. The molecule has 0 spiro atoms. The number of hydrogen-bond donors (Lipinski definition) is 0. The van der Waals surface area contributed by atoms with Crippen LogP contribution in [0.15, 0.2) is 59.5 Å². The van der Waals surface area contributed by atoms with Gasteiger partial charge in [0.1, 0.15) is 11.3 Å². The van der Waals surface area contributed by atoms with E-state index in [0.717, 1.165) is 21.3 Å². The van der Waals surface area contributed by atoms with Crippen LogP contribution in [-0.4, -0.2) is 23.0 Å². The fraction of sp³-hybridized carbons (Fsp3) is 0.150. The molecular weight excluding hydrogens is 362 g/mol. The second-order valence-electron chi connectivity index (χ2n) is 5.99. The molecule has 4 aromatic rings. The Bertz CT molecular complexity index is 1070. The van der Waals surface area contributed by atoms with Gasteiger partial charge in [-0.1, -0.05) is 23.5 Å². The van der Waals surface area contributed by atoms with Gasteiger partial charge < -0.3 is 9.15 Å². The number of fused-ring (bicyclic) bond motifs is 1. The van der Waals surface area contributed by atoms with Gasteiger partial charge in [0.05, 0.1) is 24.6 Å². The van der Waals surface area contributed by atoms with Gasteiger partial charge in [-0.25, -0.2) is 4.98 Å². The van der Waals surface area contributed by atoms with E-state index in [1.807, 2.05) is 31.2 Å². The van der Waals surface area contributed by atoms with Gasteiger partial charge in [0.15, 0.2) is 10.9 Å². The Kier molecular flexibility index (Phi) is 4.60. The van der Waals surface area contributed by atoms with E-state index in [1.54, 1.807) is 36.5 Å². The molecule has 3 aromatic heterocycles. The van der Waals surface area contributed by atoms with Crippen molar-refractivity contribution in [1.82, 2.24) is 9.97 Å². The number of aryl methyl sites for hydroxylation is 1. The predicted octanol–water partition coefficient (Wildman–Crippen LogP) is 4.45. The third-order valence-electron chi connectivity index (χ3n) is 4.18. The molecule has 0 atom stereocenters. The van der Waals surface area contributed by atoms with Crippen LogP contribution < -0.4 is 9.64 Å². The van der Waals surface area contributed by atoms with Crippen molar-refractivity contribution in [2.24, 2.45) is 0 Å². The standard InChI is InChI=1S/C20H17N3O3S/c1-13-7-8-15(25-2)17-18(13)27-20(22-17)23(12-14-5-3-9-21-11-14)19(24)16-6-4-10-26-16/h3-11H,12H2,1-2H3. The van der Waals surface area contributed by atoms with Crippen molar-refractivity contribution in [3.63, 3.8) is 0 Å². The van der Waals surface area contributed by atoms with Gasteiger partial charge in [-0.3, -0.25) is 14.7 Å². The van der Waals surface area contributed by atoms with Gasteiger partial charge in [0.25, 0.3) is 5.91 Å². The number of benzene rings is 1. The summed E-state index contributed by atoms with van der Waals surface area (Å²) in [5.74, 6) is 0.700. The largest absolute Gasteiger partial charge is 0.494 e. The van der Waals surface area contributed by atoms with Gasteiger partial charge in [0.2, 0.25) is 0 Å². The second kappa shape index (κ2) is 7.20. The van der Waals surface area contributed by atoms with Crippen LogP contribution in [0, 0.1) is 6.92 Å². The number of nitrogens with zero attached hydrogens (tertiary/aromatic N) is 3. The van der Waals surface area contributed by atoms with E-state index in [2.05, 4.69) is 4.98 Å². The number of aromatic nitrogens is 2. The number of furan rings is 1. The van der Waals surface area contributed by atoms with Crippen LogP contribution in [0.25, 0.3) is 10.2 Å². The smallest absolute Gasteiger partial charge is 0.296 e. The van der Waals surface area contributed by atoms with E-state index >= 15 is 0 Å². The highest BCUT2D eigenvalue weighted by Gasteiger charge is 2.25. The first kappa shape index (κ1) is 17.2. The molecule has 6 nitrogen and oxygen atoms in total. The summed E-state index contributed by atoms with van der Waals surface area (Å²) in [4.78, 5) is 23.5. The molecule has 0 aliphatic heterocycles. The van der Waals surface area contributed by atoms with Crippen molar-refractivity contribution in [1.29, 1.82) is 0 Å². The Hall–Kier alpha value is -3.19. The zero-order valence-electron chi connectivity index (χ0n) is 14.9. The lowest BCUT2D eigenvalue weighted by Gasteiger charge is -2.18. The summed E-state index contributed by atoms with van der Waals surface area (Å²) in [5.41, 5.74) is 2.74. The first-order valence-electron chi connectivity index (χ1n) is 8.36. The minimum absolute atomic E-state index is 0.250. The maximum atomic E-state index is 13.1. The highest BCUT2D eigenvalue weighted by Crippen LogP contribution is 2.37. The van der Waals surface area contributed by atoms with Gasteiger partial charge >= 0.3 is 0 Å². The van der Waals surface area contributed by atoms with Crippen LogP contribution in [0.1, 0.15) is 21.7 Å². The van der Waals surface area contributed by atoms with Crippen LogP contribution >= 0.6 is 11.3 Å². The molecule has 1 amide bonds. The van der Waals surface area contributed by atoms with Crippen LogP contribution in [0.5, 0.6) is 5.75 Å². The lowest BCUT2D eigenvalue weighted by atomic mass is 10.2. The molecular formula is C20H17N3O3S. The Labute approximate surface area is 160 Å². The molecule has 0 saturated heterocycles. The Morgan fingerprint density at radius 1 is 1.26 bits per heavy atom. The average molecular weight is 379 g/mol. The molecule has 0 saturated carbocycles. The first-order valence-corrected chi connectivity index (χ1v) is 9.17. The highest BCUT2D eigenvalue weighted by molar-refractivity contribution is 7.22. The number of rotatable bonds is 5. The van der Waals surface area contributed by atoms with Crippen molar-refractivity contribution in [2.75, 3.05) is 12.0 Å². The van der Waals surface area contributed by atoms with E-state index in [4.69, 9.17) is 14.1 Å². The highest BCUT2D eigenvalue weighted by atomic mass is 32.1. The minimum Gasteiger partial charge on any atom is -0.494 e. The molecule has 0 fully saturated rings. The van der Waals surface area contributed by atoms with Gasteiger partial charge in [-0.05, 0) is 42.3 Å². The molecule has 0 radical (unpaired) electrons.